The Morgan fingerprint density at radius 3 is 2.69 bits per heavy atom. The summed E-state index contributed by atoms with van der Waals surface area (Å²) in [4.78, 5) is 4.03. The van der Waals surface area contributed by atoms with Crippen LogP contribution in [0.25, 0.3) is 0 Å². The first-order valence-corrected chi connectivity index (χ1v) is 6.04. The van der Waals surface area contributed by atoms with E-state index in [0.717, 1.165) is 12.8 Å². The van der Waals surface area contributed by atoms with E-state index in [2.05, 4.69) is 34.3 Å². The predicted octanol–water partition coefficient (Wildman–Crippen LogP) is 3.17. The van der Waals surface area contributed by atoms with E-state index >= 15 is 0 Å². The molecule has 1 aromatic rings. The Morgan fingerprint density at radius 2 is 2.06 bits per heavy atom. The molecule has 1 aliphatic rings. The van der Waals surface area contributed by atoms with Crippen LogP contribution in [-0.4, -0.2) is 21.2 Å². The molecule has 1 aliphatic carbocycles. The number of rotatable bonds is 2. The number of nitrogens with zero attached hydrogens (tertiary/aromatic N) is 3. The van der Waals surface area contributed by atoms with Crippen molar-refractivity contribution < 1.29 is 0 Å². The van der Waals surface area contributed by atoms with Crippen LogP contribution in [0.15, 0.2) is 0 Å². The molecular weight excluding hydrogens is 247 g/mol. The molecule has 2 rings (SSSR count). The van der Waals surface area contributed by atoms with Gasteiger partial charge in [-0.15, -0.1) is 10.2 Å². The van der Waals surface area contributed by atoms with Crippen LogP contribution >= 0.6 is 23.2 Å². The van der Waals surface area contributed by atoms with Gasteiger partial charge in [0.25, 0.3) is 0 Å². The summed E-state index contributed by atoms with van der Waals surface area (Å²) in [5.41, 5.74) is 0.383. The lowest BCUT2D eigenvalue weighted by atomic mass is 9.92. The lowest BCUT2D eigenvalue weighted by molar-refractivity contribution is 0.378. The van der Waals surface area contributed by atoms with Crippen molar-refractivity contribution in [1.82, 2.24) is 15.2 Å². The van der Waals surface area contributed by atoms with Crippen molar-refractivity contribution in [1.29, 1.82) is 0 Å². The lowest BCUT2D eigenvalue weighted by Crippen LogP contribution is -2.19. The Hall–Kier alpha value is -0.610. The minimum Gasteiger partial charge on any atom is -0.365 e. The van der Waals surface area contributed by atoms with Gasteiger partial charge in [0, 0.05) is 6.04 Å². The van der Waals surface area contributed by atoms with Gasteiger partial charge in [-0.2, -0.15) is 4.98 Å². The maximum atomic E-state index is 5.89. The Labute approximate surface area is 105 Å². The van der Waals surface area contributed by atoms with Gasteiger partial charge >= 0.3 is 0 Å². The molecule has 0 aromatic carbocycles. The fraction of sp³-hybridized carbons (Fsp3) is 0.700. The smallest absolute Gasteiger partial charge is 0.245 e. The van der Waals surface area contributed by atoms with Crippen LogP contribution in [0.1, 0.15) is 33.1 Å². The van der Waals surface area contributed by atoms with Crippen molar-refractivity contribution in [2.24, 2.45) is 5.41 Å². The van der Waals surface area contributed by atoms with Gasteiger partial charge in [-0.3, -0.25) is 0 Å². The minimum atomic E-state index is 0.115. The van der Waals surface area contributed by atoms with Crippen molar-refractivity contribution >= 4 is 29.0 Å². The molecule has 0 amide bonds. The van der Waals surface area contributed by atoms with Crippen molar-refractivity contribution in [2.75, 3.05) is 5.32 Å². The van der Waals surface area contributed by atoms with E-state index in [4.69, 9.17) is 23.2 Å². The van der Waals surface area contributed by atoms with Crippen molar-refractivity contribution in [3.05, 3.63) is 10.4 Å². The molecule has 1 unspecified atom stereocenters. The summed E-state index contributed by atoms with van der Waals surface area (Å²) in [5, 5.41) is 11.0. The highest BCUT2D eigenvalue weighted by Gasteiger charge is 2.31. The number of anilines is 1. The Morgan fingerprint density at radius 1 is 1.31 bits per heavy atom. The molecule has 0 bridgehead atoms. The summed E-state index contributed by atoms with van der Waals surface area (Å²) in [6.07, 6.45) is 3.42. The maximum Gasteiger partial charge on any atom is 0.245 e. The summed E-state index contributed by atoms with van der Waals surface area (Å²) in [6.45, 7) is 4.53. The number of nitrogens with one attached hydrogen (secondary N) is 1. The fourth-order valence-electron chi connectivity index (χ4n) is 2.14. The quantitative estimate of drug-likeness (QED) is 0.888. The molecule has 0 radical (unpaired) electrons. The first kappa shape index (κ1) is 11.9. The Bertz CT molecular complexity index is 394. The largest absolute Gasteiger partial charge is 0.365 e. The van der Waals surface area contributed by atoms with Crippen LogP contribution in [0.2, 0.25) is 10.4 Å². The van der Waals surface area contributed by atoms with Crippen molar-refractivity contribution in [3.8, 4) is 0 Å². The Kier molecular flexibility index (Phi) is 3.22. The van der Waals surface area contributed by atoms with Gasteiger partial charge < -0.3 is 5.32 Å². The summed E-state index contributed by atoms with van der Waals surface area (Å²) >= 11 is 11.6. The summed E-state index contributed by atoms with van der Waals surface area (Å²) in [5.74, 6) is 0.532. The predicted molar refractivity (Wildman–Crippen MR) is 64.9 cm³/mol. The van der Waals surface area contributed by atoms with Gasteiger partial charge in [0.15, 0.2) is 11.0 Å². The molecule has 0 aliphatic heterocycles. The SMILES string of the molecule is CC1(C)CCC(Nc2nc(Cl)nnc2Cl)C1. The highest BCUT2D eigenvalue weighted by atomic mass is 35.5. The van der Waals surface area contributed by atoms with Crippen LogP contribution in [0, 0.1) is 5.41 Å². The molecule has 1 N–H and O–H groups in total. The first-order chi connectivity index (χ1) is 7.46. The molecule has 88 valence electrons. The molecule has 1 atom stereocenters. The Balaban J connectivity index is 2.07. The first-order valence-electron chi connectivity index (χ1n) is 5.28. The van der Waals surface area contributed by atoms with Gasteiger partial charge in [0.1, 0.15) is 0 Å². The number of aromatic nitrogens is 3. The number of hydrogen-bond acceptors (Lipinski definition) is 4. The summed E-state index contributed by atoms with van der Waals surface area (Å²) in [7, 11) is 0. The van der Waals surface area contributed by atoms with Crippen LogP contribution in [-0.2, 0) is 0 Å². The molecule has 16 heavy (non-hydrogen) atoms. The van der Waals surface area contributed by atoms with Gasteiger partial charge in [-0.1, -0.05) is 25.4 Å². The van der Waals surface area contributed by atoms with E-state index < -0.39 is 0 Å². The van der Waals surface area contributed by atoms with Crippen LogP contribution in [0.5, 0.6) is 0 Å². The molecule has 6 heteroatoms. The molecule has 0 saturated heterocycles. The van der Waals surface area contributed by atoms with E-state index in [1.165, 1.54) is 6.42 Å². The second kappa shape index (κ2) is 4.34. The van der Waals surface area contributed by atoms with E-state index in [0.29, 0.717) is 17.3 Å². The van der Waals surface area contributed by atoms with Gasteiger partial charge in [0.2, 0.25) is 5.28 Å². The van der Waals surface area contributed by atoms with E-state index in [1.807, 2.05) is 0 Å². The minimum absolute atomic E-state index is 0.115. The third-order valence-corrected chi connectivity index (χ3v) is 3.34. The van der Waals surface area contributed by atoms with Crippen molar-refractivity contribution in [2.45, 2.75) is 39.2 Å². The number of hydrogen-bond donors (Lipinski definition) is 1. The van der Waals surface area contributed by atoms with E-state index in [-0.39, 0.29) is 10.4 Å². The molecular formula is C10H14Cl2N4. The lowest BCUT2D eigenvalue weighted by Gasteiger charge is -2.18. The second-order valence-corrected chi connectivity index (χ2v) is 5.66. The standard InChI is InChI=1S/C10H14Cl2N4/c1-10(2)4-3-6(5-10)13-8-7(11)15-16-9(12)14-8/h6H,3-5H2,1-2H3,(H,13,14,16). The van der Waals surface area contributed by atoms with Crippen molar-refractivity contribution in [3.63, 3.8) is 0 Å². The summed E-state index contributed by atoms with van der Waals surface area (Å²) in [6, 6.07) is 0.389. The molecule has 1 saturated carbocycles. The zero-order valence-electron chi connectivity index (χ0n) is 9.30. The molecule has 1 heterocycles. The topological polar surface area (TPSA) is 50.7 Å². The van der Waals surface area contributed by atoms with Gasteiger partial charge in [-0.25, -0.2) is 0 Å². The maximum absolute atomic E-state index is 5.89. The fourth-order valence-corrected chi connectivity index (χ4v) is 2.39. The van der Waals surface area contributed by atoms with E-state index in [9.17, 15) is 0 Å². The monoisotopic (exact) mass is 260 g/mol. The highest BCUT2D eigenvalue weighted by molar-refractivity contribution is 6.32. The van der Waals surface area contributed by atoms with Gasteiger partial charge in [-0.05, 0) is 36.3 Å². The molecule has 1 fully saturated rings. The van der Waals surface area contributed by atoms with Crippen LogP contribution in [0.4, 0.5) is 5.82 Å². The zero-order valence-corrected chi connectivity index (χ0v) is 10.8. The van der Waals surface area contributed by atoms with Crippen LogP contribution in [0.3, 0.4) is 0 Å². The average molecular weight is 261 g/mol. The molecule has 0 spiro atoms. The highest BCUT2D eigenvalue weighted by Crippen LogP contribution is 2.38. The van der Waals surface area contributed by atoms with Crippen LogP contribution < -0.4 is 5.32 Å². The van der Waals surface area contributed by atoms with Gasteiger partial charge in [0.05, 0.1) is 0 Å². The molecule has 4 nitrogen and oxygen atoms in total. The zero-order chi connectivity index (χ0) is 11.8. The normalized spacial score (nSPS) is 23.4. The van der Waals surface area contributed by atoms with E-state index in [1.54, 1.807) is 0 Å². The third kappa shape index (κ3) is 2.74. The molecule has 1 aromatic heterocycles. The third-order valence-electron chi connectivity index (χ3n) is 2.93. The average Bonchev–Trinajstić information content (AvgIpc) is 2.52. The number of halogens is 2. The second-order valence-electron chi connectivity index (χ2n) is 4.97. The summed E-state index contributed by atoms with van der Waals surface area (Å²) < 4.78 is 0.